The van der Waals surface area contributed by atoms with Crippen molar-refractivity contribution in [1.29, 1.82) is 0 Å². The smallest absolute Gasteiger partial charge is 0.294 e. The molecule has 0 radical (unpaired) electrons. The van der Waals surface area contributed by atoms with Crippen molar-refractivity contribution in [3.63, 3.8) is 0 Å². The predicted molar refractivity (Wildman–Crippen MR) is 96.9 cm³/mol. The largest absolute Gasteiger partial charge is 0.508 e. The van der Waals surface area contributed by atoms with Crippen molar-refractivity contribution in [1.82, 2.24) is 0 Å². The van der Waals surface area contributed by atoms with Gasteiger partial charge in [-0.3, -0.25) is 4.55 Å². The highest BCUT2D eigenvalue weighted by Gasteiger charge is 2.12. The van der Waals surface area contributed by atoms with Crippen LogP contribution in [-0.2, 0) is 16.5 Å². The zero-order valence-electron chi connectivity index (χ0n) is 14.3. The van der Waals surface area contributed by atoms with Gasteiger partial charge in [-0.15, -0.1) is 0 Å². The van der Waals surface area contributed by atoms with E-state index in [0.717, 1.165) is 24.8 Å². The summed E-state index contributed by atoms with van der Waals surface area (Å²) >= 11 is 0. The summed E-state index contributed by atoms with van der Waals surface area (Å²) in [5, 5.41) is 9.73. The maximum atomic E-state index is 11.2. The van der Waals surface area contributed by atoms with Crippen molar-refractivity contribution in [3.8, 4) is 17.2 Å². The fourth-order valence-electron chi connectivity index (χ4n) is 2.59. The van der Waals surface area contributed by atoms with E-state index in [2.05, 4.69) is 6.92 Å². The number of rotatable bonds is 9. The molecule has 0 heterocycles. The van der Waals surface area contributed by atoms with Crippen LogP contribution in [-0.4, -0.2) is 18.1 Å². The minimum Gasteiger partial charge on any atom is -0.508 e. The van der Waals surface area contributed by atoms with E-state index in [-0.39, 0.29) is 16.4 Å². The van der Waals surface area contributed by atoms with Gasteiger partial charge in [0.15, 0.2) is 0 Å². The Balaban J connectivity index is 2.14. The minimum atomic E-state index is -4.29. The topological polar surface area (TPSA) is 83.8 Å². The Morgan fingerprint density at radius 3 is 2.48 bits per heavy atom. The number of phenols is 1. The van der Waals surface area contributed by atoms with Crippen LogP contribution < -0.4 is 4.74 Å². The first-order valence-corrected chi connectivity index (χ1v) is 9.91. The summed E-state index contributed by atoms with van der Waals surface area (Å²) < 4.78 is 37.4. The number of ether oxygens (including phenoxy) is 1. The third-order valence-electron chi connectivity index (χ3n) is 3.93. The second kappa shape index (κ2) is 8.87. The summed E-state index contributed by atoms with van der Waals surface area (Å²) in [5.74, 6) is 0.853. The minimum absolute atomic E-state index is 0.0793. The third kappa shape index (κ3) is 6.07. The number of aromatic hydroxyl groups is 1. The lowest BCUT2D eigenvalue weighted by molar-refractivity contribution is 0.448. The SMILES string of the molecule is CCCCCCCc1ccc(O)cc1Oc1cccc(S(=O)(=O)O)c1. The Morgan fingerprint density at radius 1 is 1.00 bits per heavy atom. The summed E-state index contributed by atoms with van der Waals surface area (Å²) in [6.45, 7) is 2.17. The van der Waals surface area contributed by atoms with Gasteiger partial charge >= 0.3 is 0 Å². The molecular weight excluding hydrogens is 340 g/mol. The van der Waals surface area contributed by atoms with E-state index in [4.69, 9.17) is 9.29 Å². The van der Waals surface area contributed by atoms with Crippen LogP contribution in [0.3, 0.4) is 0 Å². The number of phenolic OH excluding ortho intramolecular Hbond substituents is 1. The summed E-state index contributed by atoms with van der Waals surface area (Å²) in [5.41, 5.74) is 0.951. The lowest BCUT2D eigenvalue weighted by Crippen LogP contribution is -1.98. The first-order chi connectivity index (χ1) is 11.9. The van der Waals surface area contributed by atoms with Crippen molar-refractivity contribution in [2.45, 2.75) is 50.3 Å². The average molecular weight is 364 g/mol. The van der Waals surface area contributed by atoms with Crippen LogP contribution >= 0.6 is 0 Å². The van der Waals surface area contributed by atoms with E-state index in [0.29, 0.717) is 5.75 Å². The standard InChI is InChI=1S/C19H24O5S/c1-2-3-4-5-6-8-15-11-12-16(20)13-19(15)24-17-9-7-10-18(14-17)25(21,22)23/h7,9-14,20H,2-6,8H2,1H3,(H,21,22,23). The molecule has 136 valence electrons. The monoisotopic (exact) mass is 364 g/mol. The van der Waals surface area contributed by atoms with E-state index >= 15 is 0 Å². The molecule has 0 aliphatic heterocycles. The molecule has 2 rings (SSSR count). The van der Waals surface area contributed by atoms with Gasteiger partial charge in [0.05, 0.1) is 4.90 Å². The molecule has 5 nitrogen and oxygen atoms in total. The summed E-state index contributed by atoms with van der Waals surface area (Å²) in [6.07, 6.45) is 6.58. The molecule has 0 atom stereocenters. The van der Waals surface area contributed by atoms with Crippen LogP contribution in [0.25, 0.3) is 0 Å². The fraction of sp³-hybridized carbons (Fsp3) is 0.368. The zero-order chi connectivity index (χ0) is 18.3. The molecule has 0 fully saturated rings. The van der Waals surface area contributed by atoms with Crippen LogP contribution in [0.1, 0.15) is 44.6 Å². The van der Waals surface area contributed by atoms with Crippen molar-refractivity contribution < 1.29 is 22.8 Å². The van der Waals surface area contributed by atoms with Gasteiger partial charge in [0, 0.05) is 12.1 Å². The average Bonchev–Trinajstić information content (AvgIpc) is 2.56. The van der Waals surface area contributed by atoms with Crippen molar-refractivity contribution >= 4 is 10.1 Å². The fourth-order valence-corrected chi connectivity index (χ4v) is 3.10. The van der Waals surface area contributed by atoms with Crippen LogP contribution in [0.5, 0.6) is 17.2 Å². The van der Waals surface area contributed by atoms with Gasteiger partial charge in [0.2, 0.25) is 0 Å². The second-order valence-corrected chi connectivity index (χ2v) is 7.43. The van der Waals surface area contributed by atoms with E-state index in [1.165, 1.54) is 43.5 Å². The van der Waals surface area contributed by atoms with Gasteiger partial charge in [0.1, 0.15) is 17.2 Å². The molecule has 0 aliphatic carbocycles. The van der Waals surface area contributed by atoms with E-state index in [9.17, 15) is 13.5 Å². The molecule has 2 aromatic carbocycles. The molecule has 6 heteroatoms. The molecule has 2 aromatic rings. The number of hydrogen-bond acceptors (Lipinski definition) is 4. The van der Waals surface area contributed by atoms with Gasteiger partial charge in [-0.05, 0) is 36.6 Å². The molecule has 0 amide bonds. The number of benzene rings is 2. The van der Waals surface area contributed by atoms with Gasteiger partial charge in [0.25, 0.3) is 10.1 Å². The van der Waals surface area contributed by atoms with Gasteiger partial charge in [-0.1, -0.05) is 44.7 Å². The number of unbranched alkanes of at least 4 members (excludes halogenated alkanes) is 4. The lowest BCUT2D eigenvalue weighted by Gasteiger charge is -2.12. The summed E-state index contributed by atoms with van der Waals surface area (Å²) in [4.78, 5) is -0.230. The molecule has 25 heavy (non-hydrogen) atoms. The first-order valence-electron chi connectivity index (χ1n) is 8.47. The van der Waals surface area contributed by atoms with E-state index in [1.54, 1.807) is 12.1 Å². The molecule has 0 saturated carbocycles. The highest BCUT2D eigenvalue weighted by atomic mass is 32.2. The molecule has 0 bridgehead atoms. The third-order valence-corrected chi connectivity index (χ3v) is 4.78. The predicted octanol–water partition coefficient (Wildman–Crippen LogP) is 4.94. The molecule has 0 aromatic heterocycles. The van der Waals surface area contributed by atoms with Crippen LogP contribution in [0.4, 0.5) is 0 Å². The zero-order valence-corrected chi connectivity index (χ0v) is 15.1. The molecule has 0 aliphatic rings. The van der Waals surface area contributed by atoms with Crippen LogP contribution in [0, 0.1) is 0 Å². The van der Waals surface area contributed by atoms with E-state index in [1.807, 2.05) is 6.07 Å². The maximum Gasteiger partial charge on any atom is 0.294 e. The Kier molecular flexibility index (Phi) is 6.84. The van der Waals surface area contributed by atoms with Crippen molar-refractivity contribution in [2.75, 3.05) is 0 Å². The van der Waals surface area contributed by atoms with E-state index < -0.39 is 10.1 Å². The number of aryl methyl sites for hydroxylation is 1. The highest BCUT2D eigenvalue weighted by molar-refractivity contribution is 7.85. The first kappa shape index (κ1) is 19.3. The Hall–Kier alpha value is -2.05. The molecule has 0 saturated heterocycles. The Labute approximate surface area is 149 Å². The van der Waals surface area contributed by atoms with Crippen LogP contribution in [0.15, 0.2) is 47.4 Å². The highest BCUT2D eigenvalue weighted by Crippen LogP contribution is 2.31. The van der Waals surface area contributed by atoms with Crippen molar-refractivity contribution in [3.05, 3.63) is 48.0 Å². The molecule has 0 unspecified atom stereocenters. The van der Waals surface area contributed by atoms with Gasteiger partial charge in [-0.2, -0.15) is 8.42 Å². The second-order valence-electron chi connectivity index (χ2n) is 6.01. The quantitative estimate of drug-likeness (QED) is 0.486. The summed E-state index contributed by atoms with van der Waals surface area (Å²) in [7, 11) is -4.29. The Bertz CT molecular complexity index is 799. The normalized spacial score (nSPS) is 11.4. The Morgan fingerprint density at radius 2 is 1.76 bits per heavy atom. The van der Waals surface area contributed by atoms with Crippen LogP contribution in [0.2, 0.25) is 0 Å². The summed E-state index contributed by atoms with van der Waals surface area (Å²) in [6, 6.07) is 10.6. The molecule has 2 N–H and O–H groups in total. The maximum absolute atomic E-state index is 11.2. The van der Waals surface area contributed by atoms with Crippen molar-refractivity contribution in [2.24, 2.45) is 0 Å². The molecule has 0 spiro atoms. The lowest BCUT2D eigenvalue weighted by atomic mass is 10.0. The van der Waals surface area contributed by atoms with Gasteiger partial charge in [-0.25, -0.2) is 0 Å². The molecular formula is C19H24O5S. The number of hydrogen-bond donors (Lipinski definition) is 2. The van der Waals surface area contributed by atoms with Gasteiger partial charge < -0.3 is 9.84 Å².